The van der Waals surface area contributed by atoms with Gasteiger partial charge < -0.3 is 0 Å². The molecule has 0 atom stereocenters. The number of aromatic nitrogens is 1. The number of hydrogen-bond acceptors (Lipinski definition) is 6. The van der Waals surface area contributed by atoms with Crippen LogP contribution in [0, 0.1) is 0 Å². The molecule has 1 rings (SSSR count). The number of sulfone groups is 1. The van der Waals surface area contributed by atoms with Gasteiger partial charge in [0.2, 0.25) is 10.0 Å². The zero-order chi connectivity index (χ0) is 14.9. The van der Waals surface area contributed by atoms with Gasteiger partial charge in [-0.3, -0.25) is 0 Å². The molecule has 1 aromatic rings. The van der Waals surface area contributed by atoms with Crippen LogP contribution in [-0.4, -0.2) is 50.7 Å². The molecule has 0 bridgehead atoms. The summed E-state index contributed by atoms with van der Waals surface area (Å²) in [5.41, 5.74) is 2.03. The van der Waals surface area contributed by atoms with E-state index < -0.39 is 24.6 Å². The Bertz CT molecular complexity index is 618. The minimum absolute atomic E-state index is 0.0850. The highest BCUT2D eigenvalue weighted by molar-refractivity contribution is 7.92. The summed E-state index contributed by atoms with van der Waals surface area (Å²) in [6.45, 7) is 2.94. The lowest BCUT2D eigenvalue weighted by Gasteiger charge is -2.28. The van der Waals surface area contributed by atoms with Crippen molar-refractivity contribution in [1.29, 1.82) is 0 Å². The molecule has 0 saturated carbocycles. The first-order valence-corrected chi connectivity index (χ1v) is 9.91. The summed E-state index contributed by atoms with van der Waals surface area (Å²) >= 11 is 1.32. The van der Waals surface area contributed by atoms with Gasteiger partial charge in [-0.05, 0) is 13.8 Å². The Morgan fingerprint density at radius 3 is 2.32 bits per heavy atom. The van der Waals surface area contributed by atoms with Crippen molar-refractivity contribution >= 4 is 31.2 Å². The lowest BCUT2D eigenvalue weighted by Crippen LogP contribution is -2.44. The molecule has 0 radical (unpaired) electrons. The number of sulfonamides is 1. The van der Waals surface area contributed by atoms with Crippen molar-refractivity contribution in [3.8, 4) is 0 Å². The maximum absolute atomic E-state index is 12.1. The normalized spacial score (nSPS) is 13.9. The fraction of sp³-hybridized carbons (Fsp3) is 0.700. The maximum Gasteiger partial charge on any atom is 0.219 e. The fourth-order valence-electron chi connectivity index (χ4n) is 1.36. The molecule has 0 amide bonds. The second-order valence-corrected chi connectivity index (χ2v) is 10.5. The highest BCUT2D eigenvalue weighted by Gasteiger charge is 2.34. The predicted molar refractivity (Wildman–Crippen MR) is 76.3 cm³/mol. The van der Waals surface area contributed by atoms with Gasteiger partial charge in [0.25, 0.3) is 0 Å². The highest BCUT2D eigenvalue weighted by atomic mass is 32.2. The van der Waals surface area contributed by atoms with E-state index in [9.17, 15) is 16.8 Å². The molecule has 0 aliphatic carbocycles. The third-order valence-electron chi connectivity index (χ3n) is 2.90. The van der Waals surface area contributed by atoms with E-state index in [0.29, 0.717) is 5.69 Å². The van der Waals surface area contributed by atoms with E-state index in [1.54, 1.807) is 10.9 Å². The average molecular weight is 326 g/mol. The minimum atomic E-state index is -3.56. The summed E-state index contributed by atoms with van der Waals surface area (Å²) in [6, 6.07) is 0. The first-order valence-electron chi connectivity index (χ1n) is 5.46. The van der Waals surface area contributed by atoms with Crippen LogP contribution in [0.15, 0.2) is 10.9 Å². The van der Waals surface area contributed by atoms with Crippen molar-refractivity contribution < 1.29 is 16.8 Å². The summed E-state index contributed by atoms with van der Waals surface area (Å²) in [7, 11) is -5.52. The van der Waals surface area contributed by atoms with E-state index in [0.717, 1.165) is 10.6 Å². The molecule has 0 aliphatic rings. The fourth-order valence-corrected chi connectivity index (χ4v) is 3.80. The first kappa shape index (κ1) is 16.5. The van der Waals surface area contributed by atoms with Crippen LogP contribution in [0.3, 0.4) is 0 Å². The minimum Gasteiger partial charge on any atom is -0.249 e. The van der Waals surface area contributed by atoms with Gasteiger partial charge in [-0.1, -0.05) is 0 Å². The Balaban J connectivity index is 2.86. The van der Waals surface area contributed by atoms with Gasteiger partial charge in [0.15, 0.2) is 9.84 Å². The van der Waals surface area contributed by atoms with Gasteiger partial charge in [0.05, 0.1) is 16.0 Å². The van der Waals surface area contributed by atoms with Crippen LogP contribution in [-0.2, 0) is 25.6 Å². The molecular weight excluding hydrogens is 308 g/mol. The van der Waals surface area contributed by atoms with Crippen LogP contribution in [0.25, 0.3) is 0 Å². The third-order valence-corrected chi connectivity index (χ3v) is 7.41. The Morgan fingerprint density at radius 2 is 1.89 bits per heavy atom. The smallest absolute Gasteiger partial charge is 0.219 e. The standard InChI is InChI=1S/C10H18N2O4S3/c1-10(2,18(4,13)14)7-12(3)19(15,16)6-9-5-17-8-11-9/h5,8H,6-7H2,1-4H3. The SMILES string of the molecule is CN(CC(C)(C)S(C)(=O)=O)S(=O)(=O)Cc1cscn1. The van der Waals surface area contributed by atoms with Gasteiger partial charge in [0.1, 0.15) is 5.75 Å². The van der Waals surface area contributed by atoms with Crippen LogP contribution in [0.1, 0.15) is 19.5 Å². The Kier molecular flexibility index (Phi) is 4.76. The van der Waals surface area contributed by atoms with Gasteiger partial charge in [-0.15, -0.1) is 11.3 Å². The first-order chi connectivity index (χ1) is 8.46. The lowest BCUT2D eigenvalue weighted by molar-refractivity contribution is 0.421. The molecule has 1 heterocycles. The van der Waals surface area contributed by atoms with Crippen molar-refractivity contribution in [3.05, 3.63) is 16.6 Å². The Labute approximate surface area is 118 Å². The second kappa shape index (κ2) is 5.47. The number of nitrogens with zero attached hydrogens (tertiary/aromatic N) is 2. The van der Waals surface area contributed by atoms with Gasteiger partial charge in [-0.2, -0.15) is 0 Å². The molecule has 9 heteroatoms. The molecule has 0 unspecified atom stereocenters. The van der Waals surface area contributed by atoms with Crippen LogP contribution < -0.4 is 0 Å². The van der Waals surface area contributed by atoms with Crippen molar-refractivity contribution in [2.75, 3.05) is 19.8 Å². The topological polar surface area (TPSA) is 84.4 Å². The summed E-state index contributed by atoms with van der Waals surface area (Å²) in [5.74, 6) is -0.215. The molecule has 0 spiro atoms. The Hall–Kier alpha value is -0.510. The summed E-state index contributed by atoms with van der Waals surface area (Å²) in [4.78, 5) is 3.92. The highest BCUT2D eigenvalue weighted by Crippen LogP contribution is 2.19. The second-order valence-electron chi connectivity index (χ2n) is 5.02. The van der Waals surface area contributed by atoms with Crippen molar-refractivity contribution in [1.82, 2.24) is 9.29 Å². The molecule has 0 aromatic carbocycles. The van der Waals surface area contributed by atoms with Gasteiger partial charge in [0, 0.05) is 25.2 Å². The molecule has 19 heavy (non-hydrogen) atoms. The van der Waals surface area contributed by atoms with Crippen LogP contribution in [0.4, 0.5) is 0 Å². The molecule has 1 aromatic heterocycles. The zero-order valence-electron chi connectivity index (χ0n) is 11.3. The number of rotatable bonds is 6. The van der Waals surface area contributed by atoms with E-state index in [1.807, 2.05) is 0 Å². The summed E-state index contributed by atoms with van der Waals surface area (Å²) < 4.78 is 47.3. The zero-order valence-corrected chi connectivity index (χ0v) is 13.8. The average Bonchev–Trinajstić information content (AvgIpc) is 2.66. The largest absolute Gasteiger partial charge is 0.249 e. The monoisotopic (exact) mass is 326 g/mol. The van der Waals surface area contributed by atoms with Crippen LogP contribution in [0.2, 0.25) is 0 Å². The van der Waals surface area contributed by atoms with Crippen LogP contribution in [0.5, 0.6) is 0 Å². The lowest BCUT2D eigenvalue weighted by atomic mass is 10.2. The Morgan fingerprint density at radius 1 is 1.32 bits per heavy atom. The van der Waals surface area contributed by atoms with Crippen molar-refractivity contribution in [2.45, 2.75) is 24.3 Å². The number of hydrogen-bond donors (Lipinski definition) is 0. The maximum atomic E-state index is 12.1. The third kappa shape index (κ3) is 4.23. The molecule has 0 fully saturated rings. The summed E-state index contributed by atoms with van der Waals surface area (Å²) in [6.07, 6.45) is 1.11. The quantitative estimate of drug-likeness (QED) is 0.769. The van der Waals surface area contributed by atoms with E-state index in [4.69, 9.17) is 0 Å². The van der Waals surface area contributed by atoms with Crippen molar-refractivity contribution in [3.63, 3.8) is 0 Å². The molecule has 110 valence electrons. The van der Waals surface area contributed by atoms with E-state index in [-0.39, 0.29) is 12.3 Å². The van der Waals surface area contributed by atoms with Crippen molar-refractivity contribution in [2.24, 2.45) is 0 Å². The molecular formula is C10H18N2O4S3. The van der Waals surface area contributed by atoms with E-state index in [1.165, 1.54) is 32.2 Å². The predicted octanol–water partition coefficient (Wildman–Crippen LogP) is 0.728. The molecule has 0 saturated heterocycles. The van der Waals surface area contributed by atoms with E-state index >= 15 is 0 Å². The van der Waals surface area contributed by atoms with Gasteiger partial charge >= 0.3 is 0 Å². The van der Waals surface area contributed by atoms with E-state index in [2.05, 4.69) is 4.98 Å². The summed E-state index contributed by atoms with van der Waals surface area (Å²) in [5, 5.41) is 1.66. The molecule has 0 aliphatic heterocycles. The van der Waals surface area contributed by atoms with Gasteiger partial charge in [-0.25, -0.2) is 26.1 Å². The number of thiazole rings is 1. The molecule has 0 N–H and O–H groups in total. The molecule has 6 nitrogen and oxygen atoms in total. The van der Waals surface area contributed by atoms with Crippen LogP contribution >= 0.6 is 11.3 Å².